The van der Waals surface area contributed by atoms with Gasteiger partial charge < -0.3 is 19.8 Å². The summed E-state index contributed by atoms with van der Waals surface area (Å²) < 4.78 is -1.24. The second-order valence-corrected chi connectivity index (χ2v) is 5.54. The molecule has 0 rings (SSSR count). The van der Waals surface area contributed by atoms with Crippen LogP contribution in [0, 0.1) is 0 Å². The highest BCUT2D eigenvalue weighted by atomic mass is 16.4. The van der Waals surface area contributed by atoms with Crippen molar-refractivity contribution in [1.29, 1.82) is 0 Å². The minimum atomic E-state index is -1.66. The van der Waals surface area contributed by atoms with Gasteiger partial charge in [-0.15, -0.1) is 0 Å². The molecule has 0 saturated carbocycles. The second kappa shape index (κ2) is 3.48. The smallest absolute Gasteiger partial charge is 0.264 e. The Labute approximate surface area is 89.9 Å². The van der Waals surface area contributed by atoms with Crippen molar-refractivity contribution in [2.75, 3.05) is 0 Å². The molecule has 0 N–H and O–H groups in total. The van der Waals surface area contributed by atoms with Crippen LogP contribution in [-0.4, -0.2) is 27.7 Å². The zero-order valence-corrected chi connectivity index (χ0v) is 10.1. The van der Waals surface area contributed by atoms with Gasteiger partial charge in [0.1, 0.15) is 11.1 Å². The summed E-state index contributed by atoms with van der Waals surface area (Å²) >= 11 is 0. The van der Waals surface area contributed by atoms with Gasteiger partial charge in [-0.25, -0.2) is 4.48 Å². The highest BCUT2D eigenvalue weighted by molar-refractivity contribution is 5.72. The largest absolute Gasteiger partial charge is 0.498 e. The molecule has 0 aliphatic carbocycles. The Hall–Kier alpha value is -1.10. The van der Waals surface area contributed by atoms with E-state index in [9.17, 15) is 19.8 Å². The van der Waals surface area contributed by atoms with Gasteiger partial charge in [-0.3, -0.25) is 0 Å². The topological polar surface area (TPSA) is 80.3 Å². The molecule has 0 aromatic carbocycles. The van der Waals surface area contributed by atoms with Crippen molar-refractivity contribution >= 4 is 12.2 Å². The summed E-state index contributed by atoms with van der Waals surface area (Å²) in [5.74, 6) is 0. The second-order valence-electron chi connectivity index (χ2n) is 5.54. The molecule has 0 heterocycles. The minimum absolute atomic E-state index is 1.05. The van der Waals surface area contributed by atoms with Gasteiger partial charge in [0.25, 0.3) is 12.2 Å². The van der Waals surface area contributed by atoms with E-state index in [1.54, 1.807) is 0 Å². The van der Waals surface area contributed by atoms with E-state index in [2.05, 4.69) is 0 Å². The number of hydrogen-bond donors (Lipinski definition) is 0. The Kier molecular flexibility index (Phi) is 3.23. The molecule has 15 heavy (non-hydrogen) atoms. The number of carbonyl (C=O) groups is 2. The van der Waals surface area contributed by atoms with Gasteiger partial charge in [0.05, 0.1) is 0 Å². The zero-order valence-electron chi connectivity index (χ0n) is 10.1. The van der Waals surface area contributed by atoms with E-state index in [1.807, 2.05) is 0 Å². The van der Waals surface area contributed by atoms with Crippen LogP contribution in [0.25, 0.3) is 0 Å². The lowest BCUT2D eigenvalue weighted by Gasteiger charge is -2.54. The summed E-state index contributed by atoms with van der Waals surface area (Å²) in [5, 5.41) is 22.4. The predicted molar refractivity (Wildman–Crippen MR) is 50.6 cm³/mol. The normalized spacial score (nSPS) is 13.7. The number of carbonyl (C=O) groups excluding carboxylic acids is 2. The maximum atomic E-state index is 11.2. The molecule has 2 amide bonds. The van der Waals surface area contributed by atoms with Crippen molar-refractivity contribution < 1.29 is 24.3 Å². The third kappa shape index (κ3) is 1.84. The molecule has 0 aromatic heterocycles. The lowest BCUT2D eigenvalue weighted by molar-refractivity contribution is -0.911. The van der Waals surface area contributed by atoms with E-state index < -0.39 is 27.7 Å². The summed E-state index contributed by atoms with van der Waals surface area (Å²) in [6.07, 6.45) is -3.31. The fourth-order valence-electron chi connectivity index (χ4n) is 2.18. The summed E-state index contributed by atoms with van der Waals surface area (Å²) in [7, 11) is 0. The molecular weight excluding hydrogens is 198 g/mol. The first-order chi connectivity index (χ1) is 6.39. The molecule has 0 fully saturated rings. The van der Waals surface area contributed by atoms with Crippen molar-refractivity contribution in [3.8, 4) is 0 Å². The fraction of sp³-hybridized carbons (Fsp3) is 0.800. The van der Waals surface area contributed by atoms with Crippen molar-refractivity contribution in [2.45, 2.75) is 52.6 Å². The number of rotatable bonds is 0. The number of amides is 2. The highest BCUT2D eigenvalue weighted by Crippen LogP contribution is 2.34. The molecule has 0 bridgehead atoms. The van der Waals surface area contributed by atoms with Crippen LogP contribution in [0.3, 0.4) is 0 Å². The van der Waals surface area contributed by atoms with Crippen LogP contribution in [0.15, 0.2) is 0 Å². The van der Waals surface area contributed by atoms with Gasteiger partial charge in [-0.2, -0.15) is 0 Å². The number of imide groups is 1. The molecule has 0 aromatic rings. The third-order valence-electron chi connectivity index (χ3n) is 2.56. The van der Waals surface area contributed by atoms with Crippen LogP contribution in [0.5, 0.6) is 0 Å². The molecule has 88 valence electrons. The fourth-order valence-corrected chi connectivity index (χ4v) is 2.18. The van der Waals surface area contributed by atoms with E-state index >= 15 is 0 Å². The molecule has 0 saturated heterocycles. The quantitative estimate of drug-likeness (QED) is 0.537. The average Bonchev–Trinajstić information content (AvgIpc) is 1.75. The van der Waals surface area contributed by atoms with Crippen LogP contribution in [0.1, 0.15) is 41.5 Å². The van der Waals surface area contributed by atoms with Gasteiger partial charge in [-0.1, -0.05) is 0 Å². The first-order valence-corrected chi connectivity index (χ1v) is 4.71. The summed E-state index contributed by atoms with van der Waals surface area (Å²) in [6, 6.07) is 0. The van der Waals surface area contributed by atoms with Crippen molar-refractivity contribution in [3.63, 3.8) is 0 Å². The van der Waals surface area contributed by atoms with Gasteiger partial charge in [0.2, 0.25) is 0 Å². The zero-order chi connectivity index (χ0) is 12.7. The van der Waals surface area contributed by atoms with Crippen molar-refractivity contribution in [1.82, 2.24) is 0 Å². The Morgan fingerprint density at radius 3 is 1.00 bits per heavy atom. The number of nitrogens with zero attached hydrogens (tertiary/aromatic N) is 1. The number of carboxylic acid groups (broad SMARTS) is 2. The van der Waals surface area contributed by atoms with Crippen molar-refractivity contribution in [3.05, 3.63) is 0 Å². The third-order valence-corrected chi connectivity index (χ3v) is 2.56. The maximum absolute atomic E-state index is 11.2. The maximum Gasteiger partial charge on any atom is 0.264 e. The Balaban J connectivity index is 5.97. The van der Waals surface area contributed by atoms with E-state index in [4.69, 9.17) is 0 Å². The van der Waals surface area contributed by atoms with Gasteiger partial charge in [0.15, 0.2) is 0 Å². The number of quaternary nitrogens is 1. The Morgan fingerprint density at radius 1 is 0.800 bits per heavy atom. The molecule has 5 heteroatoms. The average molecular weight is 216 g/mol. The molecule has 0 radical (unpaired) electrons. The molecular formula is C10H18NO4-. The van der Waals surface area contributed by atoms with Crippen LogP contribution < -0.4 is 10.2 Å². The molecule has 0 atom stereocenters. The summed E-state index contributed by atoms with van der Waals surface area (Å²) in [4.78, 5) is 22.4. The Bertz CT molecular complexity index is 253. The predicted octanol–water partition coefficient (Wildman–Crippen LogP) is 0.0868. The standard InChI is InChI=1S/C10H19NO4/c1-9(2,3)11(7(12)13,8(14)15)10(4,5)6/h1-6H3,(H-,12,13,14,15)/p-1. The minimum Gasteiger partial charge on any atom is -0.498 e. The van der Waals surface area contributed by atoms with E-state index in [1.165, 1.54) is 41.5 Å². The molecule has 5 nitrogen and oxygen atoms in total. The van der Waals surface area contributed by atoms with E-state index in [0.717, 1.165) is 0 Å². The van der Waals surface area contributed by atoms with Crippen LogP contribution in [0.4, 0.5) is 9.59 Å². The Morgan fingerprint density at radius 2 is 1.00 bits per heavy atom. The first kappa shape index (κ1) is 13.9. The summed E-state index contributed by atoms with van der Waals surface area (Å²) in [6.45, 7) is 9.19. The molecule has 0 aliphatic rings. The molecule has 0 aliphatic heterocycles. The number of hydrogen-bond acceptors (Lipinski definition) is 4. The lowest BCUT2D eigenvalue weighted by Crippen LogP contribution is -2.80. The van der Waals surface area contributed by atoms with Crippen LogP contribution >= 0.6 is 0 Å². The van der Waals surface area contributed by atoms with Gasteiger partial charge >= 0.3 is 0 Å². The van der Waals surface area contributed by atoms with Gasteiger partial charge in [-0.05, 0) is 41.5 Å². The summed E-state index contributed by atoms with van der Waals surface area (Å²) in [5.41, 5.74) is -2.09. The SMILES string of the molecule is CC(C)(C)[N+](C(=O)[O-])(C(=O)[O-])C(C)(C)C. The van der Waals surface area contributed by atoms with Gasteiger partial charge in [0, 0.05) is 0 Å². The molecule has 0 spiro atoms. The van der Waals surface area contributed by atoms with E-state index in [0.29, 0.717) is 0 Å². The first-order valence-electron chi connectivity index (χ1n) is 4.71. The van der Waals surface area contributed by atoms with Crippen molar-refractivity contribution in [2.24, 2.45) is 0 Å². The lowest BCUT2D eigenvalue weighted by atomic mass is 9.92. The molecule has 0 unspecified atom stereocenters. The van der Waals surface area contributed by atoms with E-state index in [-0.39, 0.29) is 0 Å². The van der Waals surface area contributed by atoms with Crippen LogP contribution in [0.2, 0.25) is 0 Å². The highest BCUT2D eigenvalue weighted by Gasteiger charge is 2.53. The monoisotopic (exact) mass is 216 g/mol. The van der Waals surface area contributed by atoms with Crippen LogP contribution in [-0.2, 0) is 0 Å².